The monoisotopic (exact) mass is 464 g/mol. The molecule has 10 nitrogen and oxygen atoms in total. The molecule has 10 heteroatoms. The first-order chi connectivity index (χ1) is 15.5. The molecule has 0 aromatic heterocycles. The van der Waals surface area contributed by atoms with Gasteiger partial charge in [0.15, 0.2) is 0 Å². The molecule has 184 valence electrons. The molecule has 1 aromatic carbocycles. The van der Waals surface area contributed by atoms with Gasteiger partial charge in [0.1, 0.15) is 18.1 Å². The van der Waals surface area contributed by atoms with Gasteiger partial charge in [0.25, 0.3) is 0 Å². The van der Waals surface area contributed by atoms with Crippen molar-refractivity contribution in [3.8, 4) is 0 Å². The van der Waals surface area contributed by atoms with Crippen molar-refractivity contribution in [1.82, 2.24) is 16.0 Å². The minimum atomic E-state index is -1.50. The van der Waals surface area contributed by atoms with E-state index in [9.17, 15) is 24.3 Å². The summed E-state index contributed by atoms with van der Waals surface area (Å²) in [4.78, 5) is 49.7. The van der Waals surface area contributed by atoms with Crippen LogP contribution in [0.25, 0.3) is 0 Å². The van der Waals surface area contributed by atoms with Crippen LogP contribution in [0.1, 0.15) is 39.7 Å². The molecule has 0 fully saturated rings. The Kier molecular flexibility index (Phi) is 11.5. The molecule has 0 aliphatic carbocycles. The van der Waals surface area contributed by atoms with Gasteiger partial charge in [0.05, 0.1) is 12.6 Å². The van der Waals surface area contributed by atoms with E-state index in [-0.39, 0.29) is 18.3 Å². The quantitative estimate of drug-likeness (QED) is 0.234. The maximum absolute atomic E-state index is 13.2. The lowest BCUT2D eigenvalue weighted by atomic mass is 9.96. The molecule has 0 radical (unpaired) electrons. The lowest BCUT2D eigenvalue weighted by molar-refractivity contribution is -0.143. The molecular weight excluding hydrogens is 428 g/mol. The van der Waals surface area contributed by atoms with Gasteiger partial charge in [-0.2, -0.15) is 0 Å². The SMILES string of the molecule is CCC(C)C(NC(=O)C(Cc1ccccc1)NC(=O)C(N)C(C)C)C(=O)NC(CO)C(=O)O. The second kappa shape index (κ2) is 13.5. The van der Waals surface area contributed by atoms with Crippen LogP contribution in [0, 0.1) is 11.8 Å². The molecule has 3 amide bonds. The van der Waals surface area contributed by atoms with Gasteiger partial charge >= 0.3 is 5.97 Å². The van der Waals surface area contributed by atoms with Crippen LogP contribution < -0.4 is 21.7 Å². The highest BCUT2D eigenvalue weighted by Crippen LogP contribution is 2.11. The number of aliphatic hydroxyl groups excluding tert-OH is 1. The van der Waals surface area contributed by atoms with Gasteiger partial charge < -0.3 is 31.9 Å². The number of nitrogens with two attached hydrogens (primary N) is 1. The number of amides is 3. The van der Waals surface area contributed by atoms with E-state index in [0.717, 1.165) is 5.56 Å². The van der Waals surface area contributed by atoms with Gasteiger partial charge in [-0.3, -0.25) is 14.4 Å². The smallest absolute Gasteiger partial charge is 0.328 e. The van der Waals surface area contributed by atoms with E-state index in [4.69, 9.17) is 10.8 Å². The molecule has 0 aliphatic heterocycles. The predicted molar refractivity (Wildman–Crippen MR) is 123 cm³/mol. The molecule has 1 rings (SSSR count). The molecule has 0 saturated carbocycles. The summed E-state index contributed by atoms with van der Waals surface area (Å²) in [5.41, 5.74) is 6.73. The molecular formula is C23H36N4O6. The fraction of sp³-hybridized carbons (Fsp3) is 0.565. The minimum absolute atomic E-state index is 0.143. The van der Waals surface area contributed by atoms with Crippen LogP contribution in [0.5, 0.6) is 0 Å². The number of hydrogen-bond acceptors (Lipinski definition) is 6. The number of carbonyl (C=O) groups is 4. The number of carboxylic acids is 1. The summed E-state index contributed by atoms with van der Waals surface area (Å²) < 4.78 is 0. The predicted octanol–water partition coefficient (Wildman–Crippen LogP) is -0.210. The van der Waals surface area contributed by atoms with Crippen LogP contribution in [0.4, 0.5) is 0 Å². The van der Waals surface area contributed by atoms with Crippen molar-refractivity contribution in [2.75, 3.05) is 6.61 Å². The van der Waals surface area contributed by atoms with Crippen molar-refractivity contribution in [2.24, 2.45) is 17.6 Å². The molecule has 5 atom stereocenters. The highest BCUT2D eigenvalue weighted by molar-refractivity contribution is 5.94. The lowest BCUT2D eigenvalue weighted by Gasteiger charge is -2.28. The molecule has 5 unspecified atom stereocenters. The van der Waals surface area contributed by atoms with E-state index in [0.29, 0.717) is 6.42 Å². The largest absolute Gasteiger partial charge is 0.480 e. The minimum Gasteiger partial charge on any atom is -0.480 e. The van der Waals surface area contributed by atoms with Gasteiger partial charge in [0, 0.05) is 6.42 Å². The Morgan fingerprint density at radius 3 is 1.97 bits per heavy atom. The Labute approximate surface area is 194 Å². The zero-order valence-electron chi connectivity index (χ0n) is 19.6. The van der Waals surface area contributed by atoms with Crippen LogP contribution in [0.2, 0.25) is 0 Å². The molecule has 0 aliphatic rings. The highest BCUT2D eigenvalue weighted by Gasteiger charge is 2.33. The van der Waals surface area contributed by atoms with Crippen molar-refractivity contribution in [3.63, 3.8) is 0 Å². The maximum Gasteiger partial charge on any atom is 0.328 e. The molecule has 0 saturated heterocycles. The molecule has 0 bridgehead atoms. The highest BCUT2D eigenvalue weighted by atomic mass is 16.4. The zero-order chi connectivity index (χ0) is 25.1. The van der Waals surface area contributed by atoms with Crippen LogP contribution >= 0.6 is 0 Å². The third-order valence-corrected chi connectivity index (χ3v) is 5.53. The maximum atomic E-state index is 13.2. The Morgan fingerprint density at radius 2 is 1.48 bits per heavy atom. The van der Waals surface area contributed by atoms with E-state index in [1.54, 1.807) is 20.8 Å². The summed E-state index contributed by atoms with van der Waals surface area (Å²) in [6, 6.07) is 4.69. The van der Waals surface area contributed by atoms with Gasteiger partial charge in [-0.1, -0.05) is 64.4 Å². The summed E-state index contributed by atoms with van der Waals surface area (Å²) >= 11 is 0. The Bertz CT molecular complexity index is 801. The molecule has 0 spiro atoms. The average molecular weight is 465 g/mol. The first kappa shape index (κ1) is 28.1. The van der Waals surface area contributed by atoms with E-state index < -0.39 is 54.5 Å². The Morgan fingerprint density at radius 1 is 0.909 bits per heavy atom. The summed E-state index contributed by atoms with van der Waals surface area (Å²) in [5, 5.41) is 25.9. The van der Waals surface area contributed by atoms with Gasteiger partial charge in [-0.15, -0.1) is 0 Å². The fourth-order valence-electron chi connectivity index (χ4n) is 3.03. The first-order valence-electron chi connectivity index (χ1n) is 11.1. The Balaban J connectivity index is 3.11. The molecule has 7 N–H and O–H groups in total. The fourth-order valence-corrected chi connectivity index (χ4v) is 3.03. The van der Waals surface area contributed by atoms with Crippen molar-refractivity contribution >= 4 is 23.7 Å². The standard InChI is InChI=1S/C23H36N4O6/c1-5-14(4)19(22(31)26-17(12-28)23(32)33)27-20(29)16(11-15-9-7-6-8-10-15)25-21(30)18(24)13(2)3/h6-10,13-14,16-19,28H,5,11-12,24H2,1-4H3,(H,25,30)(H,26,31)(H,27,29)(H,32,33). The van der Waals surface area contributed by atoms with E-state index in [2.05, 4.69) is 16.0 Å². The summed E-state index contributed by atoms with van der Waals surface area (Å²) in [7, 11) is 0. The lowest BCUT2D eigenvalue weighted by Crippen LogP contribution is -2.59. The van der Waals surface area contributed by atoms with E-state index in [1.165, 1.54) is 0 Å². The zero-order valence-corrected chi connectivity index (χ0v) is 19.6. The number of hydrogen-bond donors (Lipinski definition) is 6. The number of carboxylic acid groups (broad SMARTS) is 1. The Hall–Kier alpha value is -2.98. The third-order valence-electron chi connectivity index (χ3n) is 5.53. The second-order valence-electron chi connectivity index (χ2n) is 8.47. The van der Waals surface area contributed by atoms with Gasteiger partial charge in [0.2, 0.25) is 17.7 Å². The number of benzene rings is 1. The number of aliphatic hydroxyl groups is 1. The number of rotatable bonds is 13. The molecule has 1 aromatic rings. The topological polar surface area (TPSA) is 171 Å². The van der Waals surface area contributed by atoms with Crippen LogP contribution in [0.15, 0.2) is 30.3 Å². The van der Waals surface area contributed by atoms with E-state index >= 15 is 0 Å². The average Bonchev–Trinajstić information content (AvgIpc) is 2.79. The summed E-state index contributed by atoms with van der Waals surface area (Å²) in [5.74, 6) is -3.69. The van der Waals surface area contributed by atoms with Crippen LogP contribution in [-0.4, -0.2) is 64.7 Å². The first-order valence-corrected chi connectivity index (χ1v) is 11.1. The number of aliphatic carboxylic acids is 1. The van der Waals surface area contributed by atoms with Crippen LogP contribution in [0.3, 0.4) is 0 Å². The van der Waals surface area contributed by atoms with Crippen LogP contribution in [-0.2, 0) is 25.6 Å². The summed E-state index contributed by atoms with van der Waals surface area (Å²) in [6.45, 7) is 6.35. The van der Waals surface area contributed by atoms with Crippen molar-refractivity contribution in [3.05, 3.63) is 35.9 Å². The number of carbonyl (C=O) groups excluding carboxylic acids is 3. The van der Waals surface area contributed by atoms with Crippen molar-refractivity contribution in [2.45, 2.75) is 64.7 Å². The second-order valence-corrected chi connectivity index (χ2v) is 8.47. The number of nitrogens with one attached hydrogen (secondary N) is 3. The van der Waals surface area contributed by atoms with Crippen molar-refractivity contribution < 1.29 is 29.4 Å². The third kappa shape index (κ3) is 8.82. The van der Waals surface area contributed by atoms with Crippen molar-refractivity contribution in [1.29, 1.82) is 0 Å². The van der Waals surface area contributed by atoms with Gasteiger partial charge in [-0.05, 0) is 17.4 Å². The molecule has 0 heterocycles. The van der Waals surface area contributed by atoms with Gasteiger partial charge in [-0.25, -0.2) is 4.79 Å². The van der Waals surface area contributed by atoms with E-state index in [1.807, 2.05) is 37.3 Å². The summed E-state index contributed by atoms with van der Waals surface area (Å²) in [6.07, 6.45) is 0.690. The normalized spacial score (nSPS) is 15.6. The molecule has 33 heavy (non-hydrogen) atoms.